The Morgan fingerprint density at radius 2 is 1.84 bits per heavy atom. The Kier molecular flexibility index (Phi) is 8.04. The zero-order valence-corrected chi connectivity index (χ0v) is 19.1. The number of rotatable bonds is 9. The molecule has 0 saturated carbocycles. The average Bonchev–Trinajstić information content (AvgIpc) is 3.23. The molecule has 0 radical (unpaired) electrons. The fraction of sp³-hybridized carbons (Fsp3) is 0.391. The second-order valence-electron chi connectivity index (χ2n) is 7.38. The van der Waals surface area contributed by atoms with E-state index in [1.165, 1.54) is 4.90 Å². The van der Waals surface area contributed by atoms with Crippen LogP contribution < -0.4 is 14.8 Å². The molecule has 2 aromatic carbocycles. The first-order valence-corrected chi connectivity index (χ1v) is 11.0. The lowest BCUT2D eigenvalue weighted by molar-refractivity contribution is -0.140. The molecule has 8 heteroatoms. The van der Waals surface area contributed by atoms with Crippen molar-refractivity contribution in [2.75, 3.05) is 13.3 Å². The molecule has 0 aromatic heterocycles. The van der Waals surface area contributed by atoms with E-state index in [2.05, 4.69) is 5.32 Å². The van der Waals surface area contributed by atoms with Gasteiger partial charge >= 0.3 is 0 Å². The van der Waals surface area contributed by atoms with Gasteiger partial charge in [-0.25, -0.2) is 0 Å². The number of hydrogen-bond acceptors (Lipinski definition) is 4. The van der Waals surface area contributed by atoms with Crippen LogP contribution in [0.3, 0.4) is 0 Å². The summed E-state index contributed by atoms with van der Waals surface area (Å²) in [5.41, 5.74) is 1.58. The fourth-order valence-electron chi connectivity index (χ4n) is 3.32. The van der Waals surface area contributed by atoms with Gasteiger partial charge in [-0.1, -0.05) is 42.3 Å². The third-order valence-electron chi connectivity index (χ3n) is 5.17. The minimum absolute atomic E-state index is 0.152. The van der Waals surface area contributed by atoms with Gasteiger partial charge in [-0.2, -0.15) is 0 Å². The van der Waals surface area contributed by atoms with Crippen LogP contribution in [0.5, 0.6) is 11.5 Å². The normalized spacial score (nSPS) is 13.0. The van der Waals surface area contributed by atoms with E-state index >= 15 is 0 Å². The summed E-state index contributed by atoms with van der Waals surface area (Å²) >= 11 is 12.6. The van der Waals surface area contributed by atoms with E-state index in [0.717, 1.165) is 12.0 Å². The SMILES string of the molecule is CCCNC(=O)C(C)N(Cc1c(Cl)cccc1Cl)C(=O)CCc1ccc2c(c1)OCO2. The maximum atomic E-state index is 13.2. The van der Waals surface area contributed by atoms with Crippen molar-refractivity contribution >= 4 is 35.0 Å². The summed E-state index contributed by atoms with van der Waals surface area (Å²) in [5, 5.41) is 3.78. The zero-order chi connectivity index (χ0) is 22.4. The topological polar surface area (TPSA) is 67.9 Å². The van der Waals surface area contributed by atoms with Crippen molar-refractivity contribution in [3.05, 3.63) is 57.6 Å². The van der Waals surface area contributed by atoms with Crippen molar-refractivity contribution in [1.29, 1.82) is 0 Å². The first kappa shape index (κ1) is 23.2. The summed E-state index contributed by atoms with van der Waals surface area (Å²) in [4.78, 5) is 27.3. The predicted octanol–water partition coefficient (Wildman–Crippen LogP) is 4.60. The number of aryl methyl sites for hydroxylation is 1. The largest absolute Gasteiger partial charge is 0.454 e. The van der Waals surface area contributed by atoms with Gasteiger partial charge in [0.15, 0.2) is 11.5 Å². The number of amides is 2. The van der Waals surface area contributed by atoms with Crippen LogP contribution >= 0.6 is 23.2 Å². The number of hydrogen-bond donors (Lipinski definition) is 1. The minimum atomic E-state index is -0.664. The number of nitrogens with zero attached hydrogens (tertiary/aromatic N) is 1. The predicted molar refractivity (Wildman–Crippen MR) is 121 cm³/mol. The Hall–Kier alpha value is -2.44. The third-order valence-corrected chi connectivity index (χ3v) is 5.88. The first-order valence-electron chi connectivity index (χ1n) is 10.3. The molecule has 6 nitrogen and oxygen atoms in total. The smallest absolute Gasteiger partial charge is 0.242 e. The van der Waals surface area contributed by atoms with Crippen LogP contribution in [-0.2, 0) is 22.6 Å². The summed E-state index contributed by atoms with van der Waals surface area (Å²) < 4.78 is 10.7. The van der Waals surface area contributed by atoms with Gasteiger partial charge in [0, 0.05) is 35.1 Å². The molecule has 3 rings (SSSR count). The second-order valence-corrected chi connectivity index (χ2v) is 8.19. The van der Waals surface area contributed by atoms with Crippen LogP contribution in [0.2, 0.25) is 10.0 Å². The molecule has 1 unspecified atom stereocenters. The number of nitrogens with one attached hydrogen (secondary N) is 1. The van der Waals surface area contributed by atoms with E-state index in [1.54, 1.807) is 25.1 Å². The highest BCUT2D eigenvalue weighted by atomic mass is 35.5. The van der Waals surface area contributed by atoms with E-state index in [-0.39, 0.29) is 31.6 Å². The Balaban J connectivity index is 1.75. The van der Waals surface area contributed by atoms with Gasteiger partial charge in [-0.3, -0.25) is 9.59 Å². The van der Waals surface area contributed by atoms with Gasteiger partial charge in [0.2, 0.25) is 18.6 Å². The monoisotopic (exact) mass is 464 g/mol. The third kappa shape index (κ3) is 5.83. The molecule has 0 saturated heterocycles. The first-order chi connectivity index (χ1) is 14.9. The summed E-state index contributed by atoms with van der Waals surface area (Å²) in [7, 11) is 0. The van der Waals surface area contributed by atoms with Gasteiger partial charge in [0.05, 0.1) is 0 Å². The van der Waals surface area contributed by atoms with Crippen molar-refractivity contribution in [3.63, 3.8) is 0 Å². The Labute approximate surface area is 192 Å². The van der Waals surface area contributed by atoms with Crippen LogP contribution in [0.1, 0.15) is 37.8 Å². The average molecular weight is 465 g/mol. The highest BCUT2D eigenvalue weighted by Crippen LogP contribution is 2.33. The van der Waals surface area contributed by atoms with E-state index in [1.807, 2.05) is 25.1 Å². The Morgan fingerprint density at radius 1 is 1.13 bits per heavy atom. The standard InChI is InChI=1S/C23H26Cl2N2O4/c1-3-11-26-23(29)15(2)27(13-17-18(24)5-4-6-19(17)25)22(28)10-8-16-7-9-20-21(12-16)31-14-30-20/h4-7,9,12,15H,3,8,10-11,13-14H2,1-2H3,(H,26,29). The van der Waals surface area contributed by atoms with E-state index in [9.17, 15) is 9.59 Å². The number of carbonyl (C=O) groups excluding carboxylic acids is 2. The minimum Gasteiger partial charge on any atom is -0.454 e. The van der Waals surface area contributed by atoms with Gasteiger partial charge in [0.1, 0.15) is 6.04 Å². The van der Waals surface area contributed by atoms with E-state index in [0.29, 0.717) is 40.1 Å². The van der Waals surface area contributed by atoms with Crippen LogP contribution in [0.15, 0.2) is 36.4 Å². The molecule has 2 amide bonds. The van der Waals surface area contributed by atoms with E-state index < -0.39 is 6.04 Å². The number of ether oxygens (including phenoxy) is 2. The van der Waals surface area contributed by atoms with Crippen LogP contribution in [0.4, 0.5) is 0 Å². The van der Waals surface area contributed by atoms with Gasteiger partial charge in [-0.15, -0.1) is 0 Å². The lowest BCUT2D eigenvalue weighted by atomic mass is 10.1. The van der Waals surface area contributed by atoms with Crippen molar-refractivity contribution < 1.29 is 19.1 Å². The molecule has 0 fully saturated rings. The molecular weight excluding hydrogens is 439 g/mol. The van der Waals surface area contributed by atoms with Crippen molar-refractivity contribution in [2.45, 2.75) is 45.7 Å². The molecular formula is C23H26Cl2N2O4. The quantitative estimate of drug-likeness (QED) is 0.588. The molecule has 2 aromatic rings. The maximum Gasteiger partial charge on any atom is 0.242 e. The number of fused-ring (bicyclic) bond motifs is 1. The van der Waals surface area contributed by atoms with Crippen molar-refractivity contribution in [3.8, 4) is 11.5 Å². The number of halogens is 2. The molecule has 1 N–H and O–H groups in total. The van der Waals surface area contributed by atoms with Gasteiger partial charge < -0.3 is 19.7 Å². The molecule has 1 aliphatic rings. The lowest BCUT2D eigenvalue weighted by Gasteiger charge is -2.29. The maximum absolute atomic E-state index is 13.2. The molecule has 0 bridgehead atoms. The molecule has 0 aliphatic carbocycles. The molecule has 166 valence electrons. The van der Waals surface area contributed by atoms with Crippen molar-refractivity contribution in [1.82, 2.24) is 10.2 Å². The van der Waals surface area contributed by atoms with Crippen LogP contribution in [-0.4, -0.2) is 36.1 Å². The highest BCUT2D eigenvalue weighted by Gasteiger charge is 2.27. The molecule has 1 atom stereocenters. The van der Waals surface area contributed by atoms with Gasteiger partial charge in [0.25, 0.3) is 0 Å². The zero-order valence-electron chi connectivity index (χ0n) is 17.6. The number of benzene rings is 2. The number of carbonyl (C=O) groups is 2. The summed E-state index contributed by atoms with van der Waals surface area (Å²) in [6, 6.07) is 10.2. The van der Waals surface area contributed by atoms with Gasteiger partial charge in [-0.05, 0) is 49.6 Å². The summed E-state index contributed by atoms with van der Waals surface area (Å²) in [6.45, 7) is 4.60. The highest BCUT2D eigenvalue weighted by molar-refractivity contribution is 6.36. The molecule has 1 aliphatic heterocycles. The van der Waals surface area contributed by atoms with Crippen LogP contribution in [0.25, 0.3) is 0 Å². The summed E-state index contributed by atoms with van der Waals surface area (Å²) in [5.74, 6) is 1.01. The lowest BCUT2D eigenvalue weighted by Crippen LogP contribution is -2.47. The molecule has 1 heterocycles. The summed E-state index contributed by atoms with van der Waals surface area (Å²) in [6.07, 6.45) is 1.55. The van der Waals surface area contributed by atoms with Crippen LogP contribution in [0, 0.1) is 0 Å². The second kappa shape index (κ2) is 10.7. The Morgan fingerprint density at radius 3 is 2.55 bits per heavy atom. The van der Waals surface area contributed by atoms with Crippen molar-refractivity contribution in [2.24, 2.45) is 0 Å². The fourth-order valence-corrected chi connectivity index (χ4v) is 3.84. The molecule has 0 spiro atoms. The Bertz CT molecular complexity index is 931. The molecule has 31 heavy (non-hydrogen) atoms. The van der Waals surface area contributed by atoms with E-state index in [4.69, 9.17) is 32.7 Å².